The first-order chi connectivity index (χ1) is 14.3. The number of esters is 1. The molecule has 7 nitrogen and oxygen atoms in total. The monoisotopic (exact) mass is 415 g/mol. The molecule has 1 amide bonds. The fourth-order valence-electron chi connectivity index (χ4n) is 3.00. The summed E-state index contributed by atoms with van der Waals surface area (Å²) in [6.45, 7) is 5.60. The largest absolute Gasteiger partial charge is 0.493 e. The summed E-state index contributed by atoms with van der Waals surface area (Å²) in [4.78, 5) is 24.4. The van der Waals surface area contributed by atoms with E-state index in [0.717, 1.165) is 11.1 Å². The second-order valence-corrected chi connectivity index (χ2v) is 7.00. The third kappa shape index (κ3) is 5.89. The third-order valence-electron chi connectivity index (χ3n) is 4.85. The molecule has 0 saturated carbocycles. The number of carbonyl (C=O) groups is 2. The van der Waals surface area contributed by atoms with E-state index >= 15 is 0 Å². The summed E-state index contributed by atoms with van der Waals surface area (Å²) < 4.78 is 21.0. The molecule has 0 radical (unpaired) electrons. The van der Waals surface area contributed by atoms with E-state index in [0.29, 0.717) is 22.8 Å². The van der Waals surface area contributed by atoms with Gasteiger partial charge in [0.1, 0.15) is 0 Å². The van der Waals surface area contributed by atoms with Crippen LogP contribution in [0.1, 0.15) is 35.2 Å². The number of amides is 1. The zero-order valence-electron chi connectivity index (χ0n) is 18.3. The number of hydrogen-bond donors (Lipinski definition) is 1. The van der Waals surface area contributed by atoms with Gasteiger partial charge in [0.25, 0.3) is 5.91 Å². The van der Waals surface area contributed by atoms with Gasteiger partial charge in [0, 0.05) is 0 Å². The van der Waals surface area contributed by atoms with E-state index in [4.69, 9.17) is 18.9 Å². The second-order valence-electron chi connectivity index (χ2n) is 7.00. The molecule has 0 aromatic heterocycles. The average Bonchev–Trinajstić information content (AvgIpc) is 2.73. The predicted octanol–water partition coefficient (Wildman–Crippen LogP) is 3.29. The molecule has 0 unspecified atom stereocenters. The van der Waals surface area contributed by atoms with E-state index < -0.39 is 5.97 Å². The van der Waals surface area contributed by atoms with Gasteiger partial charge >= 0.3 is 5.97 Å². The zero-order chi connectivity index (χ0) is 22.3. The van der Waals surface area contributed by atoms with Gasteiger partial charge in [0.15, 0.2) is 18.1 Å². The molecule has 2 aromatic carbocycles. The van der Waals surface area contributed by atoms with Gasteiger partial charge in [-0.1, -0.05) is 18.2 Å². The maximum atomic E-state index is 12.2. The van der Waals surface area contributed by atoms with Crippen molar-refractivity contribution in [3.8, 4) is 17.2 Å². The van der Waals surface area contributed by atoms with Crippen molar-refractivity contribution in [1.29, 1.82) is 0 Å². The van der Waals surface area contributed by atoms with Crippen LogP contribution >= 0.6 is 0 Å². The maximum absolute atomic E-state index is 12.2. The molecule has 1 N–H and O–H groups in total. The smallest absolute Gasteiger partial charge is 0.310 e. The number of nitrogens with one attached hydrogen (secondary N) is 1. The molecule has 0 spiro atoms. The predicted molar refractivity (Wildman–Crippen MR) is 113 cm³/mol. The van der Waals surface area contributed by atoms with Crippen LogP contribution in [0.15, 0.2) is 30.3 Å². The van der Waals surface area contributed by atoms with Crippen LogP contribution in [0.3, 0.4) is 0 Å². The first kappa shape index (κ1) is 23.1. The Bertz CT molecular complexity index is 884. The minimum atomic E-state index is -0.529. The van der Waals surface area contributed by atoms with Crippen molar-refractivity contribution in [2.75, 3.05) is 27.9 Å². The van der Waals surface area contributed by atoms with Crippen LogP contribution in [-0.4, -0.2) is 39.8 Å². The lowest BCUT2D eigenvalue weighted by atomic mass is 10.0. The number of hydrogen-bond acceptors (Lipinski definition) is 6. The van der Waals surface area contributed by atoms with Crippen molar-refractivity contribution in [2.24, 2.45) is 0 Å². The van der Waals surface area contributed by atoms with Crippen LogP contribution in [0, 0.1) is 13.8 Å². The molecule has 2 aromatic rings. The number of ether oxygens (including phenoxy) is 4. The van der Waals surface area contributed by atoms with Crippen LogP contribution in [0.2, 0.25) is 0 Å². The Kier molecular flexibility index (Phi) is 8.09. The van der Waals surface area contributed by atoms with Crippen LogP contribution in [-0.2, 0) is 20.7 Å². The van der Waals surface area contributed by atoms with Gasteiger partial charge in [-0.15, -0.1) is 0 Å². The van der Waals surface area contributed by atoms with Gasteiger partial charge in [-0.25, -0.2) is 0 Å². The highest BCUT2D eigenvalue weighted by Gasteiger charge is 2.17. The summed E-state index contributed by atoms with van der Waals surface area (Å²) in [5, 5.41) is 2.84. The molecular weight excluding hydrogens is 386 g/mol. The minimum Gasteiger partial charge on any atom is -0.493 e. The Morgan fingerprint density at radius 1 is 0.933 bits per heavy atom. The van der Waals surface area contributed by atoms with Gasteiger partial charge in [0.05, 0.1) is 33.8 Å². The lowest BCUT2D eigenvalue weighted by Crippen LogP contribution is -2.31. The van der Waals surface area contributed by atoms with Crippen molar-refractivity contribution in [1.82, 2.24) is 5.32 Å². The molecule has 162 valence electrons. The molecule has 0 aliphatic heterocycles. The van der Waals surface area contributed by atoms with Crippen molar-refractivity contribution >= 4 is 11.9 Å². The highest BCUT2D eigenvalue weighted by atomic mass is 16.5. The average molecular weight is 415 g/mol. The van der Waals surface area contributed by atoms with Crippen molar-refractivity contribution in [2.45, 2.75) is 33.2 Å². The van der Waals surface area contributed by atoms with Gasteiger partial charge < -0.3 is 24.3 Å². The Labute approximate surface area is 177 Å². The van der Waals surface area contributed by atoms with E-state index in [1.165, 1.54) is 26.9 Å². The lowest BCUT2D eigenvalue weighted by Gasteiger charge is -2.16. The summed E-state index contributed by atoms with van der Waals surface area (Å²) in [5.41, 5.74) is 3.97. The molecule has 30 heavy (non-hydrogen) atoms. The van der Waals surface area contributed by atoms with Gasteiger partial charge in [-0.2, -0.15) is 0 Å². The molecule has 0 saturated heterocycles. The number of benzene rings is 2. The Morgan fingerprint density at radius 3 is 2.10 bits per heavy atom. The fourth-order valence-corrected chi connectivity index (χ4v) is 3.00. The molecule has 0 heterocycles. The minimum absolute atomic E-state index is 0.0310. The summed E-state index contributed by atoms with van der Waals surface area (Å²) >= 11 is 0. The number of methoxy groups -OCH3 is 3. The van der Waals surface area contributed by atoms with Crippen LogP contribution in [0.5, 0.6) is 17.2 Å². The molecule has 2 rings (SSSR count). The van der Waals surface area contributed by atoms with Crippen LogP contribution < -0.4 is 19.5 Å². The molecule has 0 bridgehead atoms. The molecule has 0 fully saturated rings. The summed E-state index contributed by atoms with van der Waals surface area (Å²) in [5.74, 6) is 0.438. The Morgan fingerprint density at radius 2 is 1.57 bits per heavy atom. The number of carbonyl (C=O) groups excluding carboxylic acids is 2. The lowest BCUT2D eigenvalue weighted by molar-refractivity contribution is -0.148. The number of rotatable bonds is 9. The molecular formula is C23H29NO6. The van der Waals surface area contributed by atoms with Crippen molar-refractivity contribution in [3.63, 3.8) is 0 Å². The van der Waals surface area contributed by atoms with Gasteiger partial charge in [-0.05, 0) is 55.2 Å². The van der Waals surface area contributed by atoms with Gasteiger partial charge in [-0.3, -0.25) is 9.59 Å². The number of aryl methyl sites for hydroxylation is 2. The van der Waals surface area contributed by atoms with Crippen LogP contribution in [0.25, 0.3) is 0 Å². The van der Waals surface area contributed by atoms with Crippen molar-refractivity contribution in [3.05, 3.63) is 52.6 Å². The molecule has 1 atom stereocenters. The molecule has 0 aliphatic rings. The highest BCUT2D eigenvalue weighted by molar-refractivity contribution is 5.81. The summed E-state index contributed by atoms with van der Waals surface area (Å²) in [7, 11) is 4.51. The van der Waals surface area contributed by atoms with E-state index in [1.54, 1.807) is 12.1 Å². The SMILES string of the molecule is COc1cc(CC(=O)OCC(=O)N[C@H](C)c2ccc(C)c(C)c2)cc(OC)c1OC. The van der Waals surface area contributed by atoms with Crippen LogP contribution in [0.4, 0.5) is 0 Å². The third-order valence-corrected chi connectivity index (χ3v) is 4.85. The second kappa shape index (κ2) is 10.5. The molecule has 0 aliphatic carbocycles. The summed E-state index contributed by atoms with van der Waals surface area (Å²) in [6, 6.07) is 9.19. The van der Waals surface area contributed by atoms with Crippen molar-refractivity contribution < 1.29 is 28.5 Å². The van der Waals surface area contributed by atoms with E-state index in [-0.39, 0.29) is 25.0 Å². The quantitative estimate of drug-likeness (QED) is 0.633. The highest BCUT2D eigenvalue weighted by Crippen LogP contribution is 2.38. The Hall–Kier alpha value is -3.22. The fraction of sp³-hybridized carbons (Fsp3) is 0.391. The maximum Gasteiger partial charge on any atom is 0.310 e. The topological polar surface area (TPSA) is 83.1 Å². The summed E-state index contributed by atoms with van der Waals surface area (Å²) in [6.07, 6.45) is -0.0310. The normalized spacial score (nSPS) is 11.4. The molecule has 7 heteroatoms. The standard InChI is InChI=1S/C23H29NO6/c1-14-7-8-18(9-15(14)2)16(3)24-21(25)13-30-22(26)12-17-10-19(27-4)23(29-6)20(11-17)28-5/h7-11,16H,12-13H2,1-6H3,(H,24,25)/t16-/m1/s1. The van der Waals surface area contributed by atoms with E-state index in [1.807, 2.05) is 39.0 Å². The first-order valence-corrected chi connectivity index (χ1v) is 9.60. The Balaban J connectivity index is 1.92. The first-order valence-electron chi connectivity index (χ1n) is 9.60. The van der Waals surface area contributed by atoms with E-state index in [9.17, 15) is 9.59 Å². The zero-order valence-corrected chi connectivity index (χ0v) is 18.3. The van der Waals surface area contributed by atoms with Gasteiger partial charge in [0.2, 0.25) is 5.75 Å². The van der Waals surface area contributed by atoms with E-state index in [2.05, 4.69) is 5.32 Å².